The zero-order chi connectivity index (χ0) is 20.4. The van der Waals surface area contributed by atoms with E-state index in [0.717, 1.165) is 17.7 Å². The summed E-state index contributed by atoms with van der Waals surface area (Å²) in [4.78, 5) is 53.6. The monoisotopic (exact) mass is 386 g/mol. The molecule has 1 aromatic carbocycles. The third-order valence-electron chi connectivity index (χ3n) is 5.16. The first-order chi connectivity index (χ1) is 13.3. The van der Waals surface area contributed by atoms with Gasteiger partial charge in [0.25, 0.3) is 17.7 Å². The van der Waals surface area contributed by atoms with Crippen molar-refractivity contribution >= 4 is 23.7 Å². The minimum absolute atomic E-state index is 0.0476. The number of fused-ring (bicyclic) bond motifs is 1. The third-order valence-corrected chi connectivity index (χ3v) is 5.16. The SMILES string of the molecule is CC(C)C[C@H](C(=O)O[C@@H](C)C(=O)N1CCCC1)N1C(=O)c2ccccc2C1=O. The summed E-state index contributed by atoms with van der Waals surface area (Å²) < 4.78 is 5.42. The zero-order valence-corrected chi connectivity index (χ0v) is 16.5. The predicted octanol–water partition coefficient (Wildman–Crippen LogP) is 2.25. The number of esters is 1. The molecular weight excluding hydrogens is 360 g/mol. The molecule has 1 fully saturated rings. The fourth-order valence-electron chi connectivity index (χ4n) is 3.74. The van der Waals surface area contributed by atoms with Crippen LogP contribution in [0.5, 0.6) is 0 Å². The number of likely N-dealkylation sites (tertiary alicyclic amines) is 1. The van der Waals surface area contributed by atoms with Crippen molar-refractivity contribution in [2.24, 2.45) is 5.92 Å². The van der Waals surface area contributed by atoms with Crippen LogP contribution in [0.15, 0.2) is 24.3 Å². The van der Waals surface area contributed by atoms with Crippen LogP contribution in [0.4, 0.5) is 0 Å². The molecular formula is C21H26N2O5. The average Bonchev–Trinajstić information content (AvgIpc) is 3.27. The lowest BCUT2D eigenvalue weighted by atomic mass is 10.0. The lowest BCUT2D eigenvalue weighted by Gasteiger charge is -2.28. The number of hydrogen-bond acceptors (Lipinski definition) is 5. The van der Waals surface area contributed by atoms with E-state index >= 15 is 0 Å². The average molecular weight is 386 g/mol. The summed E-state index contributed by atoms with van der Waals surface area (Å²) in [5.74, 6) is -1.91. The van der Waals surface area contributed by atoms with Gasteiger partial charge in [-0.1, -0.05) is 26.0 Å². The number of nitrogens with zero attached hydrogens (tertiary/aromatic N) is 2. The van der Waals surface area contributed by atoms with Crippen LogP contribution < -0.4 is 0 Å². The molecule has 0 spiro atoms. The van der Waals surface area contributed by atoms with E-state index in [4.69, 9.17) is 4.74 Å². The second kappa shape index (κ2) is 8.12. The van der Waals surface area contributed by atoms with Crippen LogP contribution in [0, 0.1) is 5.92 Å². The van der Waals surface area contributed by atoms with Gasteiger partial charge in [-0.3, -0.25) is 19.3 Å². The molecule has 0 unspecified atom stereocenters. The van der Waals surface area contributed by atoms with Crippen LogP contribution in [0.1, 0.15) is 60.7 Å². The number of benzene rings is 1. The first-order valence-electron chi connectivity index (χ1n) is 9.77. The molecule has 2 aliphatic rings. The largest absolute Gasteiger partial charge is 0.451 e. The van der Waals surface area contributed by atoms with Gasteiger partial charge in [-0.2, -0.15) is 0 Å². The molecule has 150 valence electrons. The molecule has 1 aromatic rings. The molecule has 28 heavy (non-hydrogen) atoms. The molecule has 7 heteroatoms. The summed E-state index contributed by atoms with van der Waals surface area (Å²) in [7, 11) is 0. The van der Waals surface area contributed by atoms with E-state index in [1.165, 1.54) is 6.92 Å². The summed E-state index contributed by atoms with van der Waals surface area (Å²) in [6.45, 7) is 6.66. The van der Waals surface area contributed by atoms with Gasteiger partial charge >= 0.3 is 5.97 Å². The maximum Gasteiger partial charge on any atom is 0.330 e. The van der Waals surface area contributed by atoms with Gasteiger partial charge < -0.3 is 9.64 Å². The van der Waals surface area contributed by atoms with E-state index in [0.29, 0.717) is 13.1 Å². The Labute approximate surface area is 164 Å². The van der Waals surface area contributed by atoms with E-state index in [1.807, 2.05) is 13.8 Å². The molecule has 0 bridgehead atoms. The van der Waals surface area contributed by atoms with Gasteiger partial charge in [-0.15, -0.1) is 0 Å². The molecule has 3 rings (SSSR count). The maximum atomic E-state index is 12.9. The normalized spacial score (nSPS) is 18.4. The van der Waals surface area contributed by atoms with Crippen molar-refractivity contribution in [3.8, 4) is 0 Å². The number of rotatable bonds is 6. The summed E-state index contributed by atoms with van der Waals surface area (Å²) in [6, 6.07) is 5.46. The van der Waals surface area contributed by atoms with E-state index in [2.05, 4.69) is 0 Å². The topological polar surface area (TPSA) is 84.0 Å². The molecule has 0 saturated carbocycles. The highest BCUT2D eigenvalue weighted by atomic mass is 16.5. The van der Waals surface area contributed by atoms with E-state index in [1.54, 1.807) is 29.2 Å². The number of hydrogen-bond donors (Lipinski definition) is 0. The molecule has 2 heterocycles. The highest BCUT2D eigenvalue weighted by Gasteiger charge is 2.44. The summed E-state index contributed by atoms with van der Waals surface area (Å²) in [6.07, 6.45) is 1.21. The number of carbonyl (C=O) groups excluding carboxylic acids is 4. The predicted molar refractivity (Wildman–Crippen MR) is 102 cm³/mol. The van der Waals surface area contributed by atoms with Crippen LogP contribution in [0.25, 0.3) is 0 Å². The summed E-state index contributed by atoms with van der Waals surface area (Å²) in [5, 5.41) is 0. The fourth-order valence-corrected chi connectivity index (χ4v) is 3.74. The number of ether oxygens (including phenoxy) is 1. The quantitative estimate of drug-likeness (QED) is 0.553. The van der Waals surface area contributed by atoms with Gasteiger partial charge in [0, 0.05) is 13.1 Å². The van der Waals surface area contributed by atoms with Crippen LogP contribution in [-0.2, 0) is 14.3 Å². The molecule has 0 N–H and O–H groups in total. The first-order valence-corrected chi connectivity index (χ1v) is 9.77. The Hall–Kier alpha value is -2.70. The first kappa shape index (κ1) is 20.0. The lowest BCUT2D eigenvalue weighted by molar-refractivity contribution is -0.162. The number of carbonyl (C=O) groups is 4. The van der Waals surface area contributed by atoms with Crippen molar-refractivity contribution in [1.29, 1.82) is 0 Å². The van der Waals surface area contributed by atoms with Crippen LogP contribution in [-0.4, -0.2) is 58.7 Å². The van der Waals surface area contributed by atoms with Gasteiger partial charge in [0.15, 0.2) is 6.10 Å². The Morgan fingerprint density at radius 1 is 1.00 bits per heavy atom. The second-order valence-corrected chi connectivity index (χ2v) is 7.78. The second-order valence-electron chi connectivity index (χ2n) is 7.78. The summed E-state index contributed by atoms with van der Waals surface area (Å²) >= 11 is 0. The van der Waals surface area contributed by atoms with Gasteiger partial charge in [0.2, 0.25) is 0 Å². The Morgan fingerprint density at radius 2 is 1.54 bits per heavy atom. The highest BCUT2D eigenvalue weighted by molar-refractivity contribution is 6.22. The zero-order valence-electron chi connectivity index (χ0n) is 16.5. The van der Waals surface area contributed by atoms with E-state index in [9.17, 15) is 19.2 Å². The van der Waals surface area contributed by atoms with Gasteiger partial charge in [0.1, 0.15) is 6.04 Å². The van der Waals surface area contributed by atoms with Crippen molar-refractivity contribution in [3.63, 3.8) is 0 Å². The minimum atomic E-state index is -1.05. The molecule has 0 aliphatic carbocycles. The molecule has 1 saturated heterocycles. The smallest absolute Gasteiger partial charge is 0.330 e. The molecule has 0 aromatic heterocycles. The van der Waals surface area contributed by atoms with Crippen molar-refractivity contribution in [3.05, 3.63) is 35.4 Å². The van der Waals surface area contributed by atoms with Crippen molar-refractivity contribution < 1.29 is 23.9 Å². The van der Waals surface area contributed by atoms with E-state index < -0.39 is 29.9 Å². The Bertz CT molecular complexity index is 763. The van der Waals surface area contributed by atoms with Crippen molar-refractivity contribution in [2.75, 3.05) is 13.1 Å². The van der Waals surface area contributed by atoms with Crippen molar-refractivity contribution in [2.45, 2.75) is 52.2 Å². The minimum Gasteiger partial charge on any atom is -0.451 e. The van der Waals surface area contributed by atoms with Crippen LogP contribution in [0.2, 0.25) is 0 Å². The summed E-state index contributed by atoms with van der Waals surface area (Å²) in [5.41, 5.74) is 0.575. The van der Waals surface area contributed by atoms with Gasteiger partial charge in [-0.25, -0.2) is 4.79 Å². The van der Waals surface area contributed by atoms with Crippen molar-refractivity contribution in [1.82, 2.24) is 9.80 Å². The third kappa shape index (κ3) is 3.79. The Balaban J connectivity index is 1.78. The van der Waals surface area contributed by atoms with Gasteiger partial charge in [-0.05, 0) is 44.2 Å². The maximum absolute atomic E-state index is 12.9. The number of amides is 3. The Morgan fingerprint density at radius 3 is 2.04 bits per heavy atom. The fraction of sp³-hybridized carbons (Fsp3) is 0.524. The number of imide groups is 1. The highest BCUT2D eigenvalue weighted by Crippen LogP contribution is 2.27. The molecule has 3 amide bonds. The molecule has 2 aliphatic heterocycles. The van der Waals surface area contributed by atoms with Gasteiger partial charge in [0.05, 0.1) is 11.1 Å². The molecule has 2 atom stereocenters. The van der Waals surface area contributed by atoms with Crippen LogP contribution in [0.3, 0.4) is 0 Å². The van der Waals surface area contributed by atoms with E-state index in [-0.39, 0.29) is 29.4 Å². The molecule has 7 nitrogen and oxygen atoms in total. The lowest BCUT2D eigenvalue weighted by Crippen LogP contribution is -2.48. The Kier molecular flexibility index (Phi) is 5.82. The standard InChI is InChI=1S/C21H26N2O5/c1-13(2)12-17(21(27)28-14(3)18(24)22-10-6-7-11-22)23-19(25)15-8-4-5-9-16(15)20(23)26/h4-5,8-9,13-14,17H,6-7,10-12H2,1-3H3/t14-,17+/m0/s1. The molecule has 0 radical (unpaired) electrons. The van der Waals surface area contributed by atoms with Crippen LogP contribution >= 0.6 is 0 Å².